The summed E-state index contributed by atoms with van der Waals surface area (Å²) in [7, 11) is 1.30. The zero-order chi connectivity index (χ0) is 19.8. The van der Waals surface area contributed by atoms with Crippen molar-refractivity contribution < 1.29 is 26.7 Å². The molecule has 0 saturated heterocycles. The summed E-state index contributed by atoms with van der Waals surface area (Å²) in [5.74, 6) is -2.56. The van der Waals surface area contributed by atoms with Crippen LogP contribution in [0.25, 0.3) is 0 Å². The number of rotatable bonds is 6. The predicted molar refractivity (Wildman–Crippen MR) is 89.4 cm³/mol. The molecular formula is C17H15F5N2O2S. The highest BCUT2D eigenvalue weighted by atomic mass is 32.2. The van der Waals surface area contributed by atoms with Crippen LogP contribution in [-0.2, 0) is 12.7 Å². The van der Waals surface area contributed by atoms with Gasteiger partial charge in [-0.05, 0) is 36.6 Å². The molecule has 0 amide bonds. The van der Waals surface area contributed by atoms with Gasteiger partial charge in [-0.15, -0.1) is 0 Å². The van der Waals surface area contributed by atoms with Crippen molar-refractivity contribution in [3.05, 3.63) is 51.4 Å². The van der Waals surface area contributed by atoms with E-state index in [2.05, 4.69) is 5.10 Å². The van der Waals surface area contributed by atoms with Crippen molar-refractivity contribution in [2.75, 3.05) is 7.11 Å². The minimum atomic E-state index is -4.78. The van der Waals surface area contributed by atoms with Crippen LogP contribution >= 0.6 is 11.8 Å². The molecule has 3 rings (SSSR count). The highest BCUT2D eigenvalue weighted by Gasteiger charge is 2.37. The van der Waals surface area contributed by atoms with Crippen molar-refractivity contribution >= 4 is 11.8 Å². The van der Waals surface area contributed by atoms with Crippen molar-refractivity contribution in [1.82, 2.24) is 9.78 Å². The van der Waals surface area contributed by atoms with E-state index < -0.39 is 23.1 Å². The summed E-state index contributed by atoms with van der Waals surface area (Å²) < 4.78 is 70.5. The number of methoxy groups -OCH3 is 1. The van der Waals surface area contributed by atoms with Crippen molar-refractivity contribution in [2.45, 2.75) is 42.1 Å². The predicted octanol–water partition coefficient (Wildman–Crippen LogP) is 4.51. The van der Waals surface area contributed by atoms with Crippen LogP contribution < -0.4 is 10.3 Å². The number of ether oxygens (including phenoxy) is 1. The number of halogens is 5. The Balaban J connectivity index is 1.97. The van der Waals surface area contributed by atoms with E-state index in [-0.39, 0.29) is 28.8 Å². The maximum atomic E-state index is 13.2. The normalized spacial score (nSPS) is 14.6. The number of benzene rings is 1. The molecule has 0 spiro atoms. The number of hydrogen-bond acceptors (Lipinski definition) is 4. The van der Waals surface area contributed by atoms with Gasteiger partial charge in [0.05, 0.1) is 24.2 Å². The maximum absolute atomic E-state index is 13.2. The summed E-state index contributed by atoms with van der Waals surface area (Å²) in [6.07, 6.45) is -3.31. The van der Waals surface area contributed by atoms with Gasteiger partial charge in [-0.1, -0.05) is 17.8 Å². The number of aromatic nitrogens is 2. The molecule has 0 unspecified atom stereocenters. The molecule has 1 heterocycles. The third-order valence-electron chi connectivity index (χ3n) is 4.07. The first-order valence-electron chi connectivity index (χ1n) is 8.00. The zero-order valence-corrected chi connectivity index (χ0v) is 14.9. The average Bonchev–Trinajstić information content (AvgIpc) is 3.41. The van der Waals surface area contributed by atoms with Gasteiger partial charge in [-0.25, -0.2) is 4.68 Å². The first-order valence-corrected chi connectivity index (χ1v) is 8.88. The molecule has 0 aliphatic heterocycles. The lowest BCUT2D eigenvalue weighted by Gasteiger charge is -2.14. The SMILES string of the molecule is COc1cc(Cn2nc(C3CC3)cc(C(F)(F)F)c2=O)ccc1SC(F)F. The fourth-order valence-corrected chi connectivity index (χ4v) is 3.22. The Morgan fingerprint density at radius 2 is 2.00 bits per heavy atom. The topological polar surface area (TPSA) is 44.1 Å². The molecule has 27 heavy (non-hydrogen) atoms. The molecular weight excluding hydrogens is 391 g/mol. The lowest BCUT2D eigenvalue weighted by Crippen LogP contribution is -2.31. The van der Waals surface area contributed by atoms with E-state index in [4.69, 9.17) is 4.74 Å². The minimum Gasteiger partial charge on any atom is -0.496 e. The molecule has 1 aromatic heterocycles. The summed E-state index contributed by atoms with van der Waals surface area (Å²) >= 11 is 0.297. The van der Waals surface area contributed by atoms with Crippen LogP contribution in [0.15, 0.2) is 34.0 Å². The van der Waals surface area contributed by atoms with Crippen LogP contribution in [0, 0.1) is 0 Å². The molecule has 0 N–H and O–H groups in total. The molecule has 146 valence electrons. The van der Waals surface area contributed by atoms with E-state index in [1.807, 2.05) is 0 Å². The van der Waals surface area contributed by atoms with Crippen LogP contribution in [0.1, 0.15) is 35.6 Å². The Morgan fingerprint density at radius 1 is 1.30 bits per heavy atom. The van der Waals surface area contributed by atoms with E-state index in [1.165, 1.54) is 25.3 Å². The van der Waals surface area contributed by atoms with Crippen LogP contribution in [0.5, 0.6) is 5.75 Å². The smallest absolute Gasteiger partial charge is 0.421 e. The second-order valence-corrected chi connectivity index (χ2v) is 7.11. The van der Waals surface area contributed by atoms with Gasteiger partial charge in [0.1, 0.15) is 11.3 Å². The van der Waals surface area contributed by atoms with E-state index in [0.717, 1.165) is 23.6 Å². The molecule has 2 aromatic rings. The third kappa shape index (κ3) is 4.60. The monoisotopic (exact) mass is 406 g/mol. The minimum absolute atomic E-state index is 0.0719. The van der Waals surface area contributed by atoms with E-state index in [1.54, 1.807) is 0 Å². The summed E-state index contributed by atoms with van der Waals surface area (Å²) in [6, 6.07) is 5.07. The summed E-state index contributed by atoms with van der Waals surface area (Å²) in [5.41, 5.74) is -1.84. The average molecular weight is 406 g/mol. The molecule has 1 aliphatic carbocycles. The first kappa shape index (κ1) is 19.7. The van der Waals surface area contributed by atoms with Gasteiger partial charge in [0.15, 0.2) is 0 Å². The van der Waals surface area contributed by atoms with Crippen LogP contribution in [-0.4, -0.2) is 22.6 Å². The standard InChI is InChI=1S/C17H15F5N2O2S/c1-26-13-6-9(2-5-14(13)27-16(18)19)8-24-15(25)11(17(20,21)22)7-12(23-24)10-3-4-10/h2,5-7,10,16H,3-4,8H2,1H3. The molecule has 1 saturated carbocycles. The van der Waals surface area contributed by atoms with Crippen molar-refractivity contribution in [3.8, 4) is 5.75 Å². The van der Waals surface area contributed by atoms with E-state index >= 15 is 0 Å². The lowest BCUT2D eigenvalue weighted by molar-refractivity contribution is -0.139. The number of nitrogens with zero attached hydrogens (tertiary/aromatic N) is 2. The van der Waals surface area contributed by atoms with Crippen LogP contribution in [0.4, 0.5) is 22.0 Å². The molecule has 1 aliphatic rings. The van der Waals surface area contributed by atoms with Gasteiger partial charge in [0, 0.05) is 5.92 Å². The fourth-order valence-electron chi connectivity index (χ4n) is 2.63. The molecule has 0 atom stereocenters. The second-order valence-electron chi connectivity index (χ2n) is 6.08. The van der Waals surface area contributed by atoms with Gasteiger partial charge in [-0.3, -0.25) is 4.79 Å². The van der Waals surface area contributed by atoms with Gasteiger partial charge in [0.25, 0.3) is 11.3 Å². The number of alkyl halides is 5. The summed E-state index contributed by atoms with van der Waals surface area (Å²) in [4.78, 5) is 12.4. The van der Waals surface area contributed by atoms with Crippen molar-refractivity contribution in [1.29, 1.82) is 0 Å². The first-order chi connectivity index (χ1) is 12.7. The van der Waals surface area contributed by atoms with Crippen LogP contribution in [0.3, 0.4) is 0 Å². The second kappa shape index (κ2) is 7.49. The van der Waals surface area contributed by atoms with E-state index in [0.29, 0.717) is 17.3 Å². The molecule has 0 radical (unpaired) electrons. The maximum Gasteiger partial charge on any atom is 0.421 e. The molecule has 1 fully saturated rings. The van der Waals surface area contributed by atoms with Gasteiger partial charge in [0.2, 0.25) is 0 Å². The number of hydrogen-bond donors (Lipinski definition) is 0. The van der Waals surface area contributed by atoms with Crippen molar-refractivity contribution in [3.63, 3.8) is 0 Å². The quantitative estimate of drug-likeness (QED) is 0.523. The molecule has 10 heteroatoms. The number of thioether (sulfide) groups is 1. The Bertz CT molecular complexity index is 894. The van der Waals surface area contributed by atoms with E-state index in [9.17, 15) is 26.7 Å². The molecule has 4 nitrogen and oxygen atoms in total. The van der Waals surface area contributed by atoms with Gasteiger partial charge >= 0.3 is 6.18 Å². The Hall–Kier alpha value is -2.10. The van der Waals surface area contributed by atoms with Crippen LogP contribution in [0.2, 0.25) is 0 Å². The van der Waals surface area contributed by atoms with Gasteiger partial charge in [-0.2, -0.15) is 27.1 Å². The highest BCUT2D eigenvalue weighted by molar-refractivity contribution is 7.99. The Labute approximate surface area is 155 Å². The molecule has 0 bridgehead atoms. The summed E-state index contributed by atoms with van der Waals surface area (Å²) in [5, 5.41) is 4.07. The third-order valence-corrected chi connectivity index (χ3v) is 4.84. The molecule has 1 aromatic carbocycles. The van der Waals surface area contributed by atoms with Gasteiger partial charge < -0.3 is 4.74 Å². The Morgan fingerprint density at radius 3 is 2.56 bits per heavy atom. The van der Waals surface area contributed by atoms with Crippen molar-refractivity contribution in [2.24, 2.45) is 0 Å². The Kier molecular flexibility index (Phi) is 5.45. The lowest BCUT2D eigenvalue weighted by atomic mass is 10.2. The zero-order valence-electron chi connectivity index (χ0n) is 14.1. The largest absolute Gasteiger partial charge is 0.496 e. The fraction of sp³-hybridized carbons (Fsp3) is 0.412. The highest BCUT2D eigenvalue weighted by Crippen LogP contribution is 2.40. The summed E-state index contributed by atoms with van der Waals surface area (Å²) in [6.45, 7) is -0.224.